The molecule has 3 fully saturated rings. The molecule has 0 heterocycles. The normalized spacial score (nSPS) is 41.7. The highest BCUT2D eigenvalue weighted by molar-refractivity contribution is 5.20. The molecule has 1 aromatic carbocycles. The fourth-order valence-corrected chi connectivity index (χ4v) is 4.81. The average molecular weight is 241 g/mol. The summed E-state index contributed by atoms with van der Waals surface area (Å²) >= 11 is 0. The second-order valence-corrected chi connectivity index (χ2v) is 6.73. The maximum atomic E-state index is 3.86. The number of hydrogen-bond donors (Lipinski definition) is 1. The van der Waals surface area contributed by atoms with Crippen molar-refractivity contribution in [2.75, 3.05) is 6.54 Å². The molecule has 3 saturated carbocycles. The molecule has 3 aliphatic rings. The summed E-state index contributed by atoms with van der Waals surface area (Å²) in [7, 11) is 0. The summed E-state index contributed by atoms with van der Waals surface area (Å²) in [5.74, 6) is 4.94. The Labute approximate surface area is 110 Å². The van der Waals surface area contributed by atoms with Crippen LogP contribution in [0.4, 0.5) is 0 Å². The van der Waals surface area contributed by atoms with Gasteiger partial charge < -0.3 is 5.32 Å². The van der Waals surface area contributed by atoms with E-state index in [1.807, 2.05) is 0 Å². The lowest BCUT2D eigenvalue weighted by Crippen LogP contribution is -2.27. The summed E-state index contributed by atoms with van der Waals surface area (Å²) in [6, 6.07) is 11.8. The van der Waals surface area contributed by atoms with E-state index >= 15 is 0 Å². The summed E-state index contributed by atoms with van der Waals surface area (Å²) < 4.78 is 0. The van der Waals surface area contributed by atoms with Crippen LogP contribution in [-0.2, 0) is 0 Å². The number of rotatable bonds is 4. The Morgan fingerprint density at radius 1 is 1.11 bits per heavy atom. The number of fused-ring (bicyclic) bond motifs is 5. The molecule has 4 rings (SSSR count). The minimum atomic E-state index is 0.644. The fraction of sp³-hybridized carbons (Fsp3) is 0.647. The molecule has 18 heavy (non-hydrogen) atoms. The van der Waals surface area contributed by atoms with Gasteiger partial charge in [0, 0.05) is 12.6 Å². The van der Waals surface area contributed by atoms with Gasteiger partial charge in [0.1, 0.15) is 0 Å². The van der Waals surface area contributed by atoms with Crippen molar-refractivity contribution in [1.82, 2.24) is 5.32 Å². The number of nitrogens with one attached hydrogen (secondary N) is 1. The van der Waals surface area contributed by atoms with E-state index in [9.17, 15) is 0 Å². The molecule has 1 N–H and O–H groups in total. The van der Waals surface area contributed by atoms with Crippen LogP contribution in [0, 0.1) is 23.7 Å². The predicted molar refractivity (Wildman–Crippen MR) is 74.5 cm³/mol. The molecule has 5 atom stereocenters. The highest BCUT2D eigenvalue weighted by Crippen LogP contribution is 2.65. The van der Waals surface area contributed by atoms with E-state index in [1.165, 1.54) is 18.4 Å². The zero-order valence-electron chi connectivity index (χ0n) is 11.2. The van der Waals surface area contributed by atoms with Crippen molar-refractivity contribution in [2.24, 2.45) is 23.7 Å². The lowest BCUT2D eigenvalue weighted by molar-refractivity contribution is 0.454. The predicted octanol–water partition coefficient (Wildman–Crippen LogP) is 3.42. The largest absolute Gasteiger partial charge is 0.313 e. The quantitative estimate of drug-likeness (QED) is 0.851. The Morgan fingerprint density at radius 2 is 1.78 bits per heavy atom. The summed E-state index contributed by atoms with van der Waals surface area (Å²) in [5, 5.41) is 3.86. The molecule has 0 radical (unpaired) electrons. The molecule has 2 bridgehead atoms. The minimum Gasteiger partial charge on any atom is -0.313 e. The first kappa shape index (κ1) is 11.0. The van der Waals surface area contributed by atoms with Gasteiger partial charge in [-0.2, -0.15) is 0 Å². The van der Waals surface area contributed by atoms with Gasteiger partial charge in [0.2, 0.25) is 0 Å². The van der Waals surface area contributed by atoms with Gasteiger partial charge in [-0.1, -0.05) is 37.3 Å². The fourth-order valence-electron chi connectivity index (χ4n) is 4.81. The van der Waals surface area contributed by atoms with Gasteiger partial charge in [0.05, 0.1) is 0 Å². The van der Waals surface area contributed by atoms with Crippen molar-refractivity contribution in [2.45, 2.75) is 38.1 Å². The van der Waals surface area contributed by atoms with Gasteiger partial charge in [0.25, 0.3) is 0 Å². The SMILES string of the molecule is CC(CNC1C2C3CCC(C3)C12)c1ccccc1. The van der Waals surface area contributed by atoms with Crippen molar-refractivity contribution in [1.29, 1.82) is 0 Å². The Morgan fingerprint density at radius 3 is 2.44 bits per heavy atom. The molecule has 3 aliphatic carbocycles. The van der Waals surface area contributed by atoms with E-state index in [2.05, 4.69) is 42.6 Å². The van der Waals surface area contributed by atoms with Gasteiger partial charge in [-0.25, -0.2) is 0 Å². The Hall–Kier alpha value is -0.820. The van der Waals surface area contributed by atoms with Crippen LogP contribution in [0.3, 0.4) is 0 Å². The molecule has 1 heteroatoms. The second kappa shape index (κ2) is 4.09. The monoisotopic (exact) mass is 241 g/mol. The molecule has 1 aromatic rings. The molecule has 5 unspecified atom stereocenters. The third kappa shape index (κ3) is 1.64. The highest BCUT2D eigenvalue weighted by Gasteiger charge is 2.64. The first-order valence-corrected chi connectivity index (χ1v) is 7.63. The summed E-state index contributed by atoms with van der Waals surface area (Å²) in [4.78, 5) is 0. The van der Waals surface area contributed by atoms with E-state index in [4.69, 9.17) is 0 Å². The maximum Gasteiger partial charge on any atom is 0.0136 e. The van der Waals surface area contributed by atoms with Crippen LogP contribution >= 0.6 is 0 Å². The average Bonchev–Trinajstić information content (AvgIpc) is 2.81. The molecule has 1 nitrogen and oxygen atoms in total. The van der Waals surface area contributed by atoms with Gasteiger partial charge in [-0.15, -0.1) is 0 Å². The van der Waals surface area contributed by atoms with Gasteiger partial charge >= 0.3 is 0 Å². The number of hydrogen-bond acceptors (Lipinski definition) is 1. The van der Waals surface area contributed by atoms with Crippen LogP contribution in [0.15, 0.2) is 30.3 Å². The summed E-state index contributed by atoms with van der Waals surface area (Å²) in [5.41, 5.74) is 1.47. The third-order valence-corrected chi connectivity index (χ3v) is 5.76. The molecular formula is C17H23N. The van der Waals surface area contributed by atoms with Crippen molar-refractivity contribution >= 4 is 0 Å². The Balaban J connectivity index is 1.33. The Kier molecular flexibility index (Phi) is 2.51. The minimum absolute atomic E-state index is 0.644. The van der Waals surface area contributed by atoms with Gasteiger partial charge in [-0.3, -0.25) is 0 Å². The molecule has 0 saturated heterocycles. The first-order valence-electron chi connectivity index (χ1n) is 7.63. The van der Waals surface area contributed by atoms with E-state index in [1.54, 1.807) is 6.42 Å². The number of benzene rings is 1. The first-order chi connectivity index (χ1) is 8.84. The topological polar surface area (TPSA) is 12.0 Å². The van der Waals surface area contributed by atoms with E-state index in [0.29, 0.717) is 5.92 Å². The van der Waals surface area contributed by atoms with E-state index in [-0.39, 0.29) is 0 Å². The lowest BCUT2D eigenvalue weighted by Gasteiger charge is -2.15. The van der Waals surface area contributed by atoms with Crippen molar-refractivity contribution in [3.8, 4) is 0 Å². The van der Waals surface area contributed by atoms with Crippen LogP contribution in [0.2, 0.25) is 0 Å². The smallest absolute Gasteiger partial charge is 0.0136 e. The molecular weight excluding hydrogens is 218 g/mol. The molecule has 0 aliphatic heterocycles. The maximum absolute atomic E-state index is 3.86. The molecule has 0 aromatic heterocycles. The van der Waals surface area contributed by atoms with Crippen LogP contribution in [0.25, 0.3) is 0 Å². The van der Waals surface area contributed by atoms with E-state index < -0.39 is 0 Å². The van der Waals surface area contributed by atoms with Crippen LogP contribution in [0.1, 0.15) is 37.7 Å². The Bertz CT molecular complexity index is 410. The molecule has 96 valence electrons. The van der Waals surface area contributed by atoms with E-state index in [0.717, 1.165) is 36.3 Å². The van der Waals surface area contributed by atoms with Gasteiger partial charge in [0.15, 0.2) is 0 Å². The standard InChI is InChI=1S/C17H23N/c1-11(12-5-3-2-4-6-12)10-18-17-15-13-7-8-14(9-13)16(15)17/h2-6,11,13-18H,7-10H2,1H3. The van der Waals surface area contributed by atoms with Crippen molar-refractivity contribution in [3.63, 3.8) is 0 Å². The highest BCUT2D eigenvalue weighted by atomic mass is 15.0. The summed E-state index contributed by atoms with van der Waals surface area (Å²) in [6.45, 7) is 3.50. The van der Waals surface area contributed by atoms with Crippen molar-refractivity contribution < 1.29 is 0 Å². The van der Waals surface area contributed by atoms with Crippen LogP contribution < -0.4 is 5.32 Å². The summed E-state index contributed by atoms with van der Waals surface area (Å²) in [6.07, 6.45) is 4.61. The second-order valence-electron chi connectivity index (χ2n) is 6.73. The third-order valence-electron chi connectivity index (χ3n) is 5.76. The molecule has 0 amide bonds. The zero-order chi connectivity index (χ0) is 12.1. The van der Waals surface area contributed by atoms with Crippen molar-refractivity contribution in [3.05, 3.63) is 35.9 Å². The van der Waals surface area contributed by atoms with Crippen LogP contribution in [0.5, 0.6) is 0 Å². The molecule has 0 spiro atoms. The lowest BCUT2D eigenvalue weighted by atomic mass is 10.0. The van der Waals surface area contributed by atoms with Gasteiger partial charge in [-0.05, 0) is 54.4 Å². The zero-order valence-corrected chi connectivity index (χ0v) is 11.2. The van der Waals surface area contributed by atoms with Crippen LogP contribution in [-0.4, -0.2) is 12.6 Å².